The highest BCUT2D eigenvalue weighted by atomic mass is 31.2. The van der Waals surface area contributed by atoms with E-state index < -0.39 is 19.4 Å². The molecule has 1 aromatic carbocycles. The molecule has 38 heavy (non-hydrogen) atoms. The first kappa shape index (κ1) is 30.6. The van der Waals surface area contributed by atoms with E-state index in [4.69, 9.17) is 13.8 Å². The number of esters is 1. The summed E-state index contributed by atoms with van der Waals surface area (Å²) >= 11 is 0. The van der Waals surface area contributed by atoms with Crippen LogP contribution < -0.4 is 4.74 Å². The summed E-state index contributed by atoms with van der Waals surface area (Å²) in [7, 11) is -0.873. The van der Waals surface area contributed by atoms with Crippen molar-refractivity contribution >= 4 is 13.8 Å². The number of aryl methyl sites for hydroxylation is 1. The molecule has 9 heteroatoms. The Bertz CT molecular complexity index is 1090. The van der Waals surface area contributed by atoms with Gasteiger partial charge in [0.1, 0.15) is 11.5 Å². The van der Waals surface area contributed by atoms with E-state index in [1.165, 1.54) is 5.57 Å². The molecular weight excluding hydrogens is 505 g/mol. The zero-order valence-corrected chi connectivity index (χ0v) is 24.4. The Morgan fingerprint density at radius 2 is 1.95 bits per heavy atom. The van der Waals surface area contributed by atoms with Crippen LogP contribution in [0, 0.1) is 5.92 Å². The van der Waals surface area contributed by atoms with Crippen LogP contribution >= 0.6 is 7.82 Å². The quantitative estimate of drug-likeness (QED) is 0.136. The smallest absolute Gasteiger partial charge is 0.473 e. The van der Waals surface area contributed by atoms with Crippen LogP contribution in [-0.2, 0) is 24.8 Å². The van der Waals surface area contributed by atoms with Crippen molar-refractivity contribution in [1.82, 2.24) is 4.90 Å². The number of phosphoric acid groups is 1. The van der Waals surface area contributed by atoms with Gasteiger partial charge in [-0.25, -0.2) is 9.36 Å². The molecule has 8 nitrogen and oxygen atoms in total. The lowest BCUT2D eigenvalue weighted by atomic mass is 9.73. The van der Waals surface area contributed by atoms with E-state index in [1.807, 2.05) is 32.8 Å². The van der Waals surface area contributed by atoms with Gasteiger partial charge >= 0.3 is 13.8 Å². The zero-order valence-electron chi connectivity index (χ0n) is 23.5. The van der Waals surface area contributed by atoms with Crippen LogP contribution in [0.3, 0.4) is 0 Å². The fraction of sp³-hybridized carbons (Fsp3) is 0.621. The number of carbonyl (C=O) groups is 1. The number of hydrogen-bond donors (Lipinski definition) is 2. The molecule has 2 aliphatic rings. The Balaban J connectivity index is 1.98. The Hall–Kier alpha value is -1.96. The molecule has 0 saturated heterocycles. The number of phosphoric ester groups is 1. The maximum Gasteiger partial charge on any atom is 0.473 e. The van der Waals surface area contributed by atoms with E-state index >= 15 is 0 Å². The minimum atomic E-state index is -4.52. The summed E-state index contributed by atoms with van der Waals surface area (Å²) in [4.78, 5) is 26.0. The van der Waals surface area contributed by atoms with E-state index in [9.17, 15) is 19.4 Å². The molecule has 0 radical (unpaired) electrons. The molecule has 1 unspecified atom stereocenters. The molecule has 0 heterocycles. The number of rotatable bonds is 12. The molecule has 1 saturated carbocycles. The van der Waals surface area contributed by atoms with E-state index in [0.717, 1.165) is 30.4 Å². The second kappa shape index (κ2) is 12.9. The summed E-state index contributed by atoms with van der Waals surface area (Å²) < 4.78 is 29.6. The fourth-order valence-electron chi connectivity index (χ4n) is 5.48. The van der Waals surface area contributed by atoms with E-state index in [-0.39, 0.29) is 42.8 Å². The summed E-state index contributed by atoms with van der Waals surface area (Å²) in [6.07, 6.45) is 7.32. The van der Waals surface area contributed by atoms with Crippen LogP contribution in [0.15, 0.2) is 35.9 Å². The van der Waals surface area contributed by atoms with Gasteiger partial charge in [0, 0.05) is 18.0 Å². The SMILES string of the molecule is C=C(C)[C@@H]1CCC(C)=C[C@H]1c1c(O)cc(CCC)cc1OC(=O)C1(OP(=O)(O)OCCN(C)C)CCCC1. The topological polar surface area (TPSA) is 106 Å². The Morgan fingerprint density at radius 1 is 1.26 bits per heavy atom. The first-order valence-corrected chi connectivity index (χ1v) is 15.1. The average molecular weight is 550 g/mol. The van der Waals surface area contributed by atoms with Gasteiger partial charge in [0.05, 0.1) is 6.61 Å². The van der Waals surface area contributed by atoms with Gasteiger partial charge in [-0.05, 0) is 96.5 Å². The van der Waals surface area contributed by atoms with Gasteiger partial charge in [0.2, 0.25) is 0 Å². The number of carbonyl (C=O) groups excluding carboxylic acids is 1. The number of allylic oxidation sites excluding steroid dienone is 3. The summed E-state index contributed by atoms with van der Waals surface area (Å²) in [5.41, 5.74) is 1.99. The second-order valence-electron chi connectivity index (χ2n) is 11.1. The van der Waals surface area contributed by atoms with Crippen molar-refractivity contribution in [2.24, 2.45) is 5.92 Å². The molecule has 0 amide bonds. The molecule has 1 fully saturated rings. The van der Waals surface area contributed by atoms with Crippen molar-refractivity contribution in [2.75, 3.05) is 27.2 Å². The lowest BCUT2D eigenvalue weighted by Gasteiger charge is -2.33. The number of phenolic OH excluding ortho intramolecular Hbond substituents is 1. The molecule has 0 bridgehead atoms. The maximum absolute atomic E-state index is 13.7. The summed E-state index contributed by atoms with van der Waals surface area (Å²) in [5, 5.41) is 11.2. The minimum Gasteiger partial charge on any atom is -0.507 e. The van der Waals surface area contributed by atoms with Crippen molar-refractivity contribution in [3.05, 3.63) is 47.1 Å². The van der Waals surface area contributed by atoms with Crippen molar-refractivity contribution in [2.45, 2.75) is 83.7 Å². The van der Waals surface area contributed by atoms with Gasteiger partial charge in [-0.1, -0.05) is 37.1 Å². The van der Waals surface area contributed by atoms with Crippen molar-refractivity contribution in [3.8, 4) is 11.5 Å². The van der Waals surface area contributed by atoms with Crippen LogP contribution in [0.25, 0.3) is 0 Å². The van der Waals surface area contributed by atoms with Crippen molar-refractivity contribution in [1.29, 1.82) is 0 Å². The molecule has 0 aliphatic heterocycles. The highest BCUT2D eigenvalue weighted by Gasteiger charge is 2.50. The van der Waals surface area contributed by atoms with Crippen LogP contribution in [0.2, 0.25) is 0 Å². The number of nitrogens with zero attached hydrogens (tertiary/aromatic N) is 1. The molecule has 3 atom stereocenters. The fourth-order valence-corrected chi connectivity index (χ4v) is 6.55. The standard InChI is InChI=1S/C29H44NO7P/c1-7-10-22-18-25(31)27(24-17-21(4)11-12-23(24)20(2)3)26(19-22)36-28(32)29(13-8-9-14-29)37-38(33,34)35-16-15-30(5)6/h17-19,23-24,31H,2,7-16H2,1,3-6H3,(H,33,34)/t23-,24+/m0/s1. The highest BCUT2D eigenvalue weighted by molar-refractivity contribution is 7.47. The highest BCUT2D eigenvalue weighted by Crippen LogP contribution is 2.53. The summed E-state index contributed by atoms with van der Waals surface area (Å²) in [6, 6.07) is 3.55. The van der Waals surface area contributed by atoms with Gasteiger partial charge in [-0.2, -0.15) is 0 Å². The maximum atomic E-state index is 13.7. The molecule has 3 rings (SSSR count). The molecule has 2 N–H and O–H groups in total. The molecule has 212 valence electrons. The van der Waals surface area contributed by atoms with Crippen LogP contribution in [-0.4, -0.2) is 53.7 Å². The molecule has 0 spiro atoms. The van der Waals surface area contributed by atoms with E-state index in [0.29, 0.717) is 31.4 Å². The Labute approximate surface area is 227 Å². The number of ether oxygens (including phenoxy) is 1. The second-order valence-corrected chi connectivity index (χ2v) is 12.5. The third-order valence-electron chi connectivity index (χ3n) is 7.50. The number of benzene rings is 1. The predicted molar refractivity (Wildman–Crippen MR) is 148 cm³/mol. The zero-order chi connectivity index (χ0) is 28.1. The number of hydrogen-bond acceptors (Lipinski definition) is 7. The summed E-state index contributed by atoms with van der Waals surface area (Å²) in [5.74, 6) is -0.533. The first-order chi connectivity index (χ1) is 17.9. The number of aromatic hydroxyl groups is 1. The lowest BCUT2D eigenvalue weighted by Crippen LogP contribution is -2.41. The van der Waals surface area contributed by atoms with E-state index in [2.05, 4.69) is 19.6 Å². The van der Waals surface area contributed by atoms with Crippen molar-refractivity contribution in [3.63, 3.8) is 0 Å². The van der Waals surface area contributed by atoms with Gasteiger partial charge in [-0.15, -0.1) is 0 Å². The number of phenols is 1. The Morgan fingerprint density at radius 3 is 2.55 bits per heavy atom. The predicted octanol–water partition coefficient (Wildman–Crippen LogP) is 6.27. The Kier molecular flexibility index (Phi) is 10.4. The van der Waals surface area contributed by atoms with Crippen LogP contribution in [0.5, 0.6) is 11.5 Å². The van der Waals surface area contributed by atoms with Crippen molar-refractivity contribution < 1.29 is 33.1 Å². The van der Waals surface area contributed by atoms with Crippen LogP contribution in [0.4, 0.5) is 0 Å². The average Bonchev–Trinajstić information content (AvgIpc) is 3.27. The summed E-state index contributed by atoms with van der Waals surface area (Å²) in [6.45, 7) is 10.7. The molecule has 1 aromatic rings. The monoisotopic (exact) mass is 549 g/mol. The number of likely N-dealkylation sites (N-methyl/N-ethyl adjacent to an activating group) is 1. The molecule has 2 aliphatic carbocycles. The minimum absolute atomic E-state index is 0.0152. The van der Waals surface area contributed by atoms with Gasteiger partial charge in [0.15, 0.2) is 5.60 Å². The van der Waals surface area contributed by atoms with Gasteiger partial charge in [-0.3, -0.25) is 9.05 Å². The largest absolute Gasteiger partial charge is 0.507 e. The van der Waals surface area contributed by atoms with Crippen LogP contribution in [0.1, 0.15) is 82.8 Å². The molecule has 0 aromatic heterocycles. The van der Waals surface area contributed by atoms with E-state index in [1.54, 1.807) is 12.1 Å². The molecular formula is C29H44NO7P. The van der Waals surface area contributed by atoms with Gasteiger partial charge < -0.3 is 19.6 Å². The third-order valence-corrected chi connectivity index (χ3v) is 8.59. The lowest BCUT2D eigenvalue weighted by molar-refractivity contribution is -0.153. The first-order valence-electron chi connectivity index (χ1n) is 13.6. The normalized spacial score (nSPS) is 22.7. The third kappa shape index (κ3) is 7.57. The van der Waals surface area contributed by atoms with Gasteiger partial charge in [0.25, 0.3) is 0 Å².